The SMILES string of the molecule is CCOC(=O)C12CCC(N(CC(=O)N3C[C@@H](F)C[C@H]3C(=O)O)C(=O)OCc3ccccc3)(CC1)CC2. The van der Waals surface area contributed by atoms with Crippen LogP contribution in [0.15, 0.2) is 30.3 Å². The molecule has 196 valence electrons. The van der Waals surface area contributed by atoms with Crippen molar-refractivity contribution >= 4 is 23.9 Å². The van der Waals surface area contributed by atoms with Crippen molar-refractivity contribution in [1.82, 2.24) is 9.80 Å². The van der Waals surface area contributed by atoms with Crippen molar-refractivity contribution in [2.45, 2.75) is 76.2 Å². The lowest BCUT2D eigenvalue weighted by Gasteiger charge is -2.55. The number of carboxylic acid groups (broad SMARTS) is 1. The molecule has 1 N–H and O–H groups in total. The number of hydrogen-bond donors (Lipinski definition) is 1. The van der Waals surface area contributed by atoms with Crippen molar-refractivity contribution in [2.75, 3.05) is 19.7 Å². The monoisotopic (exact) mass is 504 g/mol. The molecule has 1 heterocycles. The Labute approximate surface area is 209 Å². The molecule has 1 aliphatic heterocycles. The van der Waals surface area contributed by atoms with Gasteiger partial charge in [0.2, 0.25) is 5.91 Å². The Bertz CT molecular complexity index is 977. The predicted octanol–water partition coefficient (Wildman–Crippen LogP) is 3.30. The van der Waals surface area contributed by atoms with Crippen molar-refractivity contribution in [2.24, 2.45) is 5.41 Å². The standard InChI is InChI=1S/C26H33FN2O7/c1-2-35-23(33)25-8-11-26(12-9-25,13-10-25)29(24(34)36-17-18-6-4-3-5-7-18)16-21(30)28-15-19(27)14-20(28)22(31)32/h3-7,19-20H,2,8-17H2,1H3,(H,31,32)/t19-,20-,25?,26?/m0/s1. The van der Waals surface area contributed by atoms with Gasteiger partial charge >= 0.3 is 18.0 Å². The minimum Gasteiger partial charge on any atom is -0.480 e. The van der Waals surface area contributed by atoms with Gasteiger partial charge in [0.1, 0.15) is 25.4 Å². The third-order valence-corrected chi connectivity index (χ3v) is 8.06. The van der Waals surface area contributed by atoms with Gasteiger partial charge in [0.05, 0.1) is 18.6 Å². The zero-order chi connectivity index (χ0) is 25.9. The highest BCUT2D eigenvalue weighted by Crippen LogP contribution is 2.55. The third kappa shape index (κ3) is 5.03. The molecule has 10 heteroatoms. The van der Waals surface area contributed by atoms with E-state index in [4.69, 9.17) is 9.47 Å². The largest absolute Gasteiger partial charge is 0.480 e. The first-order chi connectivity index (χ1) is 17.2. The Kier molecular flexibility index (Phi) is 7.51. The molecule has 0 spiro atoms. The van der Waals surface area contributed by atoms with Crippen LogP contribution in [0.1, 0.15) is 57.4 Å². The Hall–Kier alpha value is -3.17. The van der Waals surface area contributed by atoms with Crippen molar-refractivity contribution in [3.63, 3.8) is 0 Å². The Balaban J connectivity index is 1.54. The number of likely N-dealkylation sites (tertiary alicyclic amines) is 1. The number of amides is 2. The molecule has 1 saturated heterocycles. The molecule has 3 aliphatic carbocycles. The van der Waals surface area contributed by atoms with Crippen LogP contribution in [-0.4, -0.2) is 76.3 Å². The minimum absolute atomic E-state index is 0.0151. The van der Waals surface area contributed by atoms with E-state index in [2.05, 4.69) is 0 Å². The van der Waals surface area contributed by atoms with Crippen LogP contribution in [0, 0.1) is 5.41 Å². The Morgan fingerprint density at radius 2 is 1.69 bits per heavy atom. The van der Waals surface area contributed by atoms with Crippen LogP contribution in [0.25, 0.3) is 0 Å². The maximum Gasteiger partial charge on any atom is 0.411 e. The Morgan fingerprint density at radius 1 is 1.06 bits per heavy atom. The van der Waals surface area contributed by atoms with Crippen LogP contribution < -0.4 is 0 Å². The number of esters is 1. The predicted molar refractivity (Wildman–Crippen MR) is 125 cm³/mol. The van der Waals surface area contributed by atoms with Crippen molar-refractivity contribution < 1.29 is 38.1 Å². The number of hydrogen-bond acceptors (Lipinski definition) is 6. The summed E-state index contributed by atoms with van der Waals surface area (Å²) < 4.78 is 24.9. The number of rotatable bonds is 8. The number of carboxylic acids is 1. The molecule has 0 radical (unpaired) electrons. The van der Waals surface area contributed by atoms with Gasteiger partial charge in [-0.05, 0) is 51.0 Å². The summed E-state index contributed by atoms with van der Waals surface area (Å²) in [5.74, 6) is -2.11. The molecule has 1 aromatic rings. The van der Waals surface area contributed by atoms with Crippen LogP contribution in [0.5, 0.6) is 0 Å². The van der Waals surface area contributed by atoms with Gasteiger partial charge < -0.3 is 19.5 Å². The highest BCUT2D eigenvalue weighted by molar-refractivity contribution is 5.88. The number of nitrogens with zero attached hydrogens (tertiary/aromatic N) is 2. The highest BCUT2D eigenvalue weighted by Gasteiger charge is 2.57. The fourth-order valence-corrected chi connectivity index (χ4v) is 5.90. The zero-order valence-electron chi connectivity index (χ0n) is 20.5. The second kappa shape index (κ2) is 10.4. The third-order valence-electron chi connectivity index (χ3n) is 8.06. The van der Waals surface area contributed by atoms with E-state index in [0.717, 1.165) is 10.5 Å². The smallest absolute Gasteiger partial charge is 0.411 e. The van der Waals surface area contributed by atoms with E-state index in [9.17, 15) is 28.7 Å². The molecule has 0 aromatic heterocycles. The molecule has 2 amide bonds. The number of benzene rings is 1. The number of carbonyl (C=O) groups is 4. The number of halogens is 1. The van der Waals surface area contributed by atoms with Crippen LogP contribution in [0.2, 0.25) is 0 Å². The van der Waals surface area contributed by atoms with E-state index >= 15 is 0 Å². The topological polar surface area (TPSA) is 113 Å². The molecule has 0 unspecified atom stereocenters. The molecule has 5 rings (SSSR count). The fourth-order valence-electron chi connectivity index (χ4n) is 5.90. The first-order valence-electron chi connectivity index (χ1n) is 12.5. The summed E-state index contributed by atoms with van der Waals surface area (Å²) in [6.45, 7) is 1.36. The molecule has 3 saturated carbocycles. The quantitative estimate of drug-likeness (QED) is 0.541. The second-order valence-corrected chi connectivity index (χ2v) is 10.1. The first kappa shape index (κ1) is 25.9. The molecule has 2 atom stereocenters. The van der Waals surface area contributed by atoms with E-state index in [-0.39, 0.29) is 25.5 Å². The number of carbonyl (C=O) groups excluding carboxylic acids is 3. The van der Waals surface area contributed by atoms with Crippen LogP contribution in [0.4, 0.5) is 9.18 Å². The maximum atomic E-state index is 14.0. The zero-order valence-corrected chi connectivity index (χ0v) is 20.5. The van der Waals surface area contributed by atoms with Gasteiger partial charge in [-0.25, -0.2) is 14.0 Å². The number of ether oxygens (including phenoxy) is 2. The van der Waals surface area contributed by atoms with E-state index in [1.165, 1.54) is 4.90 Å². The van der Waals surface area contributed by atoms with E-state index in [1.807, 2.05) is 30.3 Å². The lowest BCUT2D eigenvalue weighted by atomic mass is 9.56. The van der Waals surface area contributed by atoms with E-state index in [1.54, 1.807) is 6.92 Å². The summed E-state index contributed by atoms with van der Waals surface area (Å²) in [5, 5.41) is 9.47. The molecule has 9 nitrogen and oxygen atoms in total. The van der Waals surface area contributed by atoms with Crippen LogP contribution in [-0.2, 0) is 30.5 Å². The minimum atomic E-state index is -1.43. The summed E-state index contributed by atoms with van der Waals surface area (Å²) in [6, 6.07) is 7.88. The van der Waals surface area contributed by atoms with Gasteiger partial charge in [0, 0.05) is 12.0 Å². The maximum absolute atomic E-state index is 14.0. The lowest BCUT2D eigenvalue weighted by Crippen LogP contribution is -2.62. The molecule has 4 aliphatic rings. The number of alkyl halides is 1. The molecular weight excluding hydrogens is 471 g/mol. The van der Waals surface area contributed by atoms with Crippen molar-refractivity contribution in [3.05, 3.63) is 35.9 Å². The Morgan fingerprint density at radius 3 is 2.28 bits per heavy atom. The van der Waals surface area contributed by atoms with Crippen LogP contribution in [0.3, 0.4) is 0 Å². The fraction of sp³-hybridized carbons (Fsp3) is 0.615. The number of fused-ring (bicyclic) bond motifs is 3. The second-order valence-electron chi connectivity index (χ2n) is 10.1. The number of aliphatic carboxylic acids is 1. The van der Waals surface area contributed by atoms with Gasteiger partial charge in [0.15, 0.2) is 0 Å². The summed E-state index contributed by atoms with van der Waals surface area (Å²) in [5.41, 5.74) is -0.494. The molecule has 4 fully saturated rings. The molecule has 36 heavy (non-hydrogen) atoms. The van der Waals surface area contributed by atoms with Crippen molar-refractivity contribution in [1.29, 1.82) is 0 Å². The molecule has 1 aromatic carbocycles. The van der Waals surface area contributed by atoms with Crippen LogP contribution >= 0.6 is 0 Å². The molecule has 2 bridgehead atoms. The average molecular weight is 505 g/mol. The highest BCUT2D eigenvalue weighted by atomic mass is 19.1. The van der Waals surface area contributed by atoms with Gasteiger partial charge in [-0.2, -0.15) is 0 Å². The summed E-state index contributed by atoms with van der Waals surface area (Å²) in [7, 11) is 0. The lowest BCUT2D eigenvalue weighted by molar-refractivity contribution is -0.167. The average Bonchev–Trinajstić information content (AvgIpc) is 3.29. The van der Waals surface area contributed by atoms with Gasteiger partial charge in [-0.15, -0.1) is 0 Å². The van der Waals surface area contributed by atoms with Gasteiger partial charge in [0.25, 0.3) is 0 Å². The van der Waals surface area contributed by atoms with Crippen molar-refractivity contribution in [3.8, 4) is 0 Å². The summed E-state index contributed by atoms with van der Waals surface area (Å²) >= 11 is 0. The van der Waals surface area contributed by atoms with E-state index in [0.29, 0.717) is 45.1 Å². The summed E-state index contributed by atoms with van der Waals surface area (Å²) in [6.07, 6.45) is 0.673. The van der Waals surface area contributed by atoms with Gasteiger partial charge in [-0.3, -0.25) is 14.5 Å². The van der Waals surface area contributed by atoms with E-state index < -0.39 is 47.7 Å². The van der Waals surface area contributed by atoms with Gasteiger partial charge in [-0.1, -0.05) is 30.3 Å². The summed E-state index contributed by atoms with van der Waals surface area (Å²) in [4.78, 5) is 53.3. The normalized spacial score (nSPS) is 29.0. The first-order valence-corrected chi connectivity index (χ1v) is 12.5. The molecular formula is C26H33FN2O7.